The molecule has 0 unspecified atom stereocenters. The molecule has 1 amide bonds. The Hall–Kier alpha value is -2.88. The van der Waals surface area contributed by atoms with Crippen LogP contribution in [0.1, 0.15) is 15.9 Å². The molecule has 2 aromatic rings. The normalized spacial score (nSPS) is 10.6. The first kappa shape index (κ1) is 13.5. The van der Waals surface area contributed by atoms with Crippen molar-refractivity contribution in [3.63, 3.8) is 0 Å². The molecule has 4 nitrogen and oxygen atoms in total. The van der Waals surface area contributed by atoms with Gasteiger partial charge in [-0.3, -0.25) is 4.79 Å². The van der Waals surface area contributed by atoms with Crippen molar-refractivity contribution in [2.45, 2.75) is 0 Å². The predicted octanol–water partition coefficient (Wildman–Crippen LogP) is 2.55. The second-order valence-corrected chi connectivity index (χ2v) is 4.24. The van der Waals surface area contributed by atoms with Crippen LogP contribution in [0, 0.1) is 0 Å². The first-order chi connectivity index (χ1) is 9.56. The predicted molar refractivity (Wildman–Crippen MR) is 77.1 cm³/mol. The molecule has 0 saturated carbocycles. The summed E-state index contributed by atoms with van der Waals surface area (Å²) in [7, 11) is 0. The molecule has 0 fully saturated rings. The van der Waals surface area contributed by atoms with E-state index >= 15 is 0 Å². The lowest BCUT2D eigenvalue weighted by molar-refractivity contribution is -0.113. The SMILES string of the molecule is NC(=O)/C=C\c1ccc(-c2cccc(C(=O)O)c2)cc1. The smallest absolute Gasteiger partial charge is 0.335 e. The number of aromatic carboxylic acids is 1. The summed E-state index contributed by atoms with van der Waals surface area (Å²) in [6.07, 6.45) is 2.92. The van der Waals surface area contributed by atoms with Gasteiger partial charge in [-0.1, -0.05) is 36.4 Å². The maximum Gasteiger partial charge on any atom is 0.335 e. The van der Waals surface area contributed by atoms with Crippen LogP contribution in [0.4, 0.5) is 0 Å². The van der Waals surface area contributed by atoms with Gasteiger partial charge in [-0.25, -0.2) is 4.79 Å². The largest absolute Gasteiger partial charge is 0.478 e. The quantitative estimate of drug-likeness (QED) is 0.835. The lowest BCUT2D eigenvalue weighted by Gasteiger charge is -2.03. The highest BCUT2D eigenvalue weighted by atomic mass is 16.4. The molecule has 0 bridgehead atoms. The van der Waals surface area contributed by atoms with Crippen molar-refractivity contribution >= 4 is 18.0 Å². The Bertz CT molecular complexity index is 672. The van der Waals surface area contributed by atoms with E-state index in [1.54, 1.807) is 24.3 Å². The van der Waals surface area contributed by atoms with Crippen LogP contribution in [0.3, 0.4) is 0 Å². The molecule has 0 heterocycles. The first-order valence-corrected chi connectivity index (χ1v) is 5.97. The maximum atomic E-state index is 10.9. The van der Waals surface area contributed by atoms with Crippen molar-refractivity contribution in [1.29, 1.82) is 0 Å². The minimum absolute atomic E-state index is 0.250. The van der Waals surface area contributed by atoms with E-state index in [0.717, 1.165) is 16.7 Å². The molecule has 3 N–H and O–H groups in total. The van der Waals surface area contributed by atoms with Gasteiger partial charge in [0.15, 0.2) is 0 Å². The van der Waals surface area contributed by atoms with Crippen molar-refractivity contribution in [2.24, 2.45) is 5.73 Å². The Kier molecular flexibility index (Phi) is 3.96. The molecule has 0 aliphatic heterocycles. The van der Waals surface area contributed by atoms with Crippen LogP contribution < -0.4 is 5.73 Å². The Labute approximate surface area is 116 Å². The number of carboxylic acids is 1. The van der Waals surface area contributed by atoms with Gasteiger partial charge in [0.05, 0.1) is 5.56 Å². The fraction of sp³-hybridized carbons (Fsp3) is 0. The molecular weight excluding hydrogens is 254 g/mol. The van der Waals surface area contributed by atoms with E-state index in [0.29, 0.717) is 0 Å². The molecule has 0 saturated heterocycles. The zero-order valence-corrected chi connectivity index (χ0v) is 10.6. The highest BCUT2D eigenvalue weighted by molar-refractivity contribution is 5.90. The lowest BCUT2D eigenvalue weighted by Crippen LogP contribution is -2.04. The zero-order valence-electron chi connectivity index (χ0n) is 10.6. The third-order valence-corrected chi connectivity index (χ3v) is 2.79. The molecular formula is C16H13NO3. The van der Waals surface area contributed by atoms with Crippen LogP contribution in [-0.4, -0.2) is 17.0 Å². The number of carbonyl (C=O) groups is 2. The lowest BCUT2D eigenvalue weighted by atomic mass is 10.0. The van der Waals surface area contributed by atoms with Crippen LogP contribution >= 0.6 is 0 Å². The van der Waals surface area contributed by atoms with Gasteiger partial charge in [-0.05, 0) is 34.9 Å². The summed E-state index contributed by atoms with van der Waals surface area (Å²) >= 11 is 0. The summed E-state index contributed by atoms with van der Waals surface area (Å²) in [4.78, 5) is 21.6. The van der Waals surface area contributed by atoms with Gasteiger partial charge in [-0.2, -0.15) is 0 Å². The third kappa shape index (κ3) is 3.32. The van der Waals surface area contributed by atoms with Crippen LogP contribution in [0.5, 0.6) is 0 Å². The summed E-state index contributed by atoms with van der Waals surface area (Å²) in [5.41, 5.74) is 7.86. The molecule has 2 rings (SSSR count). The van der Waals surface area contributed by atoms with Crippen LogP contribution in [0.25, 0.3) is 17.2 Å². The van der Waals surface area contributed by atoms with Crippen molar-refractivity contribution in [3.8, 4) is 11.1 Å². The molecule has 4 heteroatoms. The van der Waals surface area contributed by atoms with Crippen LogP contribution in [-0.2, 0) is 4.79 Å². The summed E-state index contributed by atoms with van der Waals surface area (Å²) < 4.78 is 0. The van der Waals surface area contributed by atoms with Crippen LogP contribution in [0.15, 0.2) is 54.6 Å². The highest BCUT2D eigenvalue weighted by Crippen LogP contribution is 2.21. The number of rotatable bonds is 4. The van der Waals surface area contributed by atoms with Gasteiger partial charge in [-0.15, -0.1) is 0 Å². The van der Waals surface area contributed by atoms with Gasteiger partial charge in [0.1, 0.15) is 0 Å². The molecule has 0 spiro atoms. The number of carbonyl (C=O) groups excluding carboxylic acids is 1. The number of carboxylic acid groups (broad SMARTS) is 1. The summed E-state index contributed by atoms with van der Waals surface area (Å²) in [6, 6.07) is 14.1. The molecule has 0 aliphatic carbocycles. The average Bonchev–Trinajstić information content (AvgIpc) is 2.46. The average molecular weight is 267 g/mol. The summed E-state index contributed by atoms with van der Waals surface area (Å²) in [5, 5.41) is 8.97. The second-order valence-electron chi connectivity index (χ2n) is 4.24. The van der Waals surface area contributed by atoms with Gasteiger partial charge >= 0.3 is 5.97 Å². The van der Waals surface area contributed by atoms with E-state index in [9.17, 15) is 9.59 Å². The van der Waals surface area contributed by atoms with Crippen LogP contribution in [0.2, 0.25) is 0 Å². The number of nitrogens with two attached hydrogens (primary N) is 1. The van der Waals surface area contributed by atoms with E-state index in [1.165, 1.54) is 6.08 Å². The minimum Gasteiger partial charge on any atom is -0.478 e. The standard InChI is InChI=1S/C16H13NO3/c17-15(18)9-6-11-4-7-12(8-5-11)13-2-1-3-14(10-13)16(19)20/h1-10H,(H2,17,18)(H,19,20)/b9-6-. The van der Waals surface area contributed by atoms with Crippen molar-refractivity contribution in [2.75, 3.05) is 0 Å². The number of hydrogen-bond acceptors (Lipinski definition) is 2. The van der Waals surface area contributed by atoms with E-state index in [4.69, 9.17) is 10.8 Å². The number of primary amides is 1. The summed E-state index contributed by atoms with van der Waals surface area (Å²) in [6.45, 7) is 0. The van der Waals surface area contributed by atoms with Gasteiger partial charge < -0.3 is 10.8 Å². The second kappa shape index (κ2) is 5.84. The maximum absolute atomic E-state index is 10.9. The van der Waals surface area contributed by atoms with Gasteiger partial charge in [0.2, 0.25) is 5.91 Å². The van der Waals surface area contributed by atoms with E-state index < -0.39 is 11.9 Å². The van der Waals surface area contributed by atoms with Crippen molar-refractivity contribution < 1.29 is 14.7 Å². The third-order valence-electron chi connectivity index (χ3n) is 2.79. The molecule has 20 heavy (non-hydrogen) atoms. The minimum atomic E-state index is -0.951. The first-order valence-electron chi connectivity index (χ1n) is 5.97. The zero-order chi connectivity index (χ0) is 14.5. The highest BCUT2D eigenvalue weighted by Gasteiger charge is 2.04. The molecule has 0 aliphatic rings. The van der Waals surface area contributed by atoms with Crippen molar-refractivity contribution in [3.05, 3.63) is 65.7 Å². The van der Waals surface area contributed by atoms with E-state index in [2.05, 4.69) is 0 Å². The molecule has 0 atom stereocenters. The number of amides is 1. The van der Waals surface area contributed by atoms with E-state index in [-0.39, 0.29) is 5.56 Å². The topological polar surface area (TPSA) is 80.4 Å². The van der Waals surface area contributed by atoms with Gasteiger partial charge in [0.25, 0.3) is 0 Å². The Morgan fingerprint density at radius 3 is 2.30 bits per heavy atom. The Morgan fingerprint density at radius 1 is 1.00 bits per heavy atom. The summed E-state index contributed by atoms with van der Waals surface area (Å²) in [5.74, 6) is -1.45. The monoisotopic (exact) mass is 267 g/mol. The fourth-order valence-electron chi connectivity index (χ4n) is 1.80. The van der Waals surface area contributed by atoms with Crippen molar-refractivity contribution in [1.82, 2.24) is 0 Å². The molecule has 100 valence electrons. The molecule has 0 radical (unpaired) electrons. The van der Waals surface area contributed by atoms with Gasteiger partial charge in [0, 0.05) is 6.08 Å². The Balaban J connectivity index is 2.28. The number of benzene rings is 2. The Morgan fingerprint density at radius 2 is 1.70 bits per heavy atom. The number of hydrogen-bond donors (Lipinski definition) is 2. The molecule has 0 aromatic heterocycles. The fourth-order valence-corrected chi connectivity index (χ4v) is 1.80. The molecule has 2 aromatic carbocycles. The van der Waals surface area contributed by atoms with E-state index in [1.807, 2.05) is 30.3 Å².